The Kier molecular flexibility index (Phi) is 3.66. The van der Waals surface area contributed by atoms with Gasteiger partial charge in [-0.3, -0.25) is 4.79 Å². The molecule has 0 fully saturated rings. The minimum Gasteiger partial charge on any atom is -0.397 e. The number of aryl methyl sites for hydroxylation is 1. The number of thiazole rings is 1. The van der Waals surface area contributed by atoms with Crippen LogP contribution in [-0.4, -0.2) is 22.9 Å². The first-order valence-corrected chi connectivity index (χ1v) is 6.52. The topological polar surface area (TPSA) is 98.1 Å². The molecule has 0 radical (unpaired) electrons. The molecule has 0 aromatic carbocycles. The Hall–Kier alpha value is -2.15. The van der Waals surface area contributed by atoms with Crippen molar-refractivity contribution in [1.29, 1.82) is 0 Å². The van der Waals surface area contributed by atoms with Gasteiger partial charge in [-0.25, -0.2) is 9.97 Å². The number of hydrogen-bond acceptors (Lipinski definition) is 6. The minimum atomic E-state index is -0.539. The van der Waals surface area contributed by atoms with Gasteiger partial charge in [0.05, 0.1) is 35.2 Å². The average Bonchev–Trinajstić information content (AvgIpc) is 2.74. The van der Waals surface area contributed by atoms with Gasteiger partial charge < -0.3 is 16.4 Å². The van der Waals surface area contributed by atoms with Crippen molar-refractivity contribution in [1.82, 2.24) is 9.97 Å². The Bertz CT molecular complexity index is 610. The van der Waals surface area contributed by atoms with Crippen LogP contribution in [0.5, 0.6) is 0 Å². The van der Waals surface area contributed by atoms with Crippen molar-refractivity contribution in [2.45, 2.75) is 13.5 Å². The predicted octanol–water partition coefficient (Wildman–Crippen LogP) is 1.16. The molecule has 7 heteroatoms. The zero-order valence-electron chi connectivity index (χ0n) is 10.8. The fraction of sp³-hybridized carbons (Fsp3) is 0.250. The zero-order valence-corrected chi connectivity index (χ0v) is 11.6. The molecule has 2 aromatic heterocycles. The van der Waals surface area contributed by atoms with Crippen LogP contribution in [0.15, 0.2) is 17.8 Å². The van der Waals surface area contributed by atoms with E-state index >= 15 is 0 Å². The molecular weight excluding hydrogens is 262 g/mol. The number of nitrogen functional groups attached to an aromatic ring is 1. The van der Waals surface area contributed by atoms with Crippen LogP contribution in [0.2, 0.25) is 0 Å². The zero-order chi connectivity index (χ0) is 14.0. The van der Waals surface area contributed by atoms with Gasteiger partial charge in [0, 0.05) is 11.9 Å². The highest BCUT2D eigenvalue weighted by Gasteiger charge is 2.15. The standard InChI is InChI=1S/C12H15N5OS/c1-7-10(19-6-16-7)5-17(2)12-9(11(14)18)3-8(13)4-15-12/h3-4,6H,5,13H2,1-2H3,(H2,14,18). The van der Waals surface area contributed by atoms with E-state index in [-0.39, 0.29) is 0 Å². The van der Waals surface area contributed by atoms with Crippen molar-refractivity contribution < 1.29 is 4.79 Å². The number of pyridine rings is 1. The molecule has 6 nitrogen and oxygen atoms in total. The summed E-state index contributed by atoms with van der Waals surface area (Å²) >= 11 is 1.57. The summed E-state index contributed by atoms with van der Waals surface area (Å²) in [5.74, 6) is -0.0165. The first kappa shape index (κ1) is 13.3. The van der Waals surface area contributed by atoms with E-state index in [4.69, 9.17) is 11.5 Å². The van der Waals surface area contributed by atoms with Crippen molar-refractivity contribution in [2.24, 2.45) is 5.73 Å². The largest absolute Gasteiger partial charge is 0.397 e. The molecule has 0 aliphatic carbocycles. The van der Waals surface area contributed by atoms with E-state index in [9.17, 15) is 4.79 Å². The van der Waals surface area contributed by atoms with Crippen LogP contribution < -0.4 is 16.4 Å². The first-order chi connectivity index (χ1) is 8.99. The number of carbonyl (C=O) groups excluding carboxylic acids is 1. The fourth-order valence-electron chi connectivity index (χ4n) is 1.73. The summed E-state index contributed by atoms with van der Waals surface area (Å²) in [5, 5.41) is 0. The van der Waals surface area contributed by atoms with Crippen molar-refractivity contribution in [2.75, 3.05) is 17.7 Å². The molecule has 19 heavy (non-hydrogen) atoms. The fourth-order valence-corrected chi connectivity index (χ4v) is 2.56. The number of aromatic nitrogens is 2. The summed E-state index contributed by atoms with van der Waals surface area (Å²) in [6, 6.07) is 1.54. The lowest BCUT2D eigenvalue weighted by atomic mass is 10.2. The number of nitrogens with zero attached hydrogens (tertiary/aromatic N) is 3. The molecule has 2 rings (SSSR count). The number of carbonyl (C=O) groups is 1. The Morgan fingerprint density at radius 3 is 2.79 bits per heavy atom. The second-order valence-electron chi connectivity index (χ2n) is 4.22. The normalized spacial score (nSPS) is 10.4. The smallest absolute Gasteiger partial charge is 0.252 e. The summed E-state index contributed by atoms with van der Waals surface area (Å²) in [6.07, 6.45) is 1.51. The van der Waals surface area contributed by atoms with Gasteiger partial charge in [-0.1, -0.05) is 0 Å². The lowest BCUT2D eigenvalue weighted by Crippen LogP contribution is -2.23. The molecule has 0 spiro atoms. The summed E-state index contributed by atoms with van der Waals surface area (Å²) in [5.41, 5.74) is 14.5. The Balaban J connectivity index is 2.31. The Labute approximate surface area is 115 Å². The van der Waals surface area contributed by atoms with E-state index < -0.39 is 5.91 Å². The lowest BCUT2D eigenvalue weighted by Gasteiger charge is -2.19. The van der Waals surface area contributed by atoms with Crippen LogP contribution in [0.3, 0.4) is 0 Å². The van der Waals surface area contributed by atoms with Gasteiger partial charge in [-0.2, -0.15) is 0 Å². The molecule has 100 valence electrons. The van der Waals surface area contributed by atoms with Gasteiger partial charge in [0.2, 0.25) is 0 Å². The van der Waals surface area contributed by atoms with Gasteiger partial charge >= 0.3 is 0 Å². The highest BCUT2D eigenvalue weighted by atomic mass is 32.1. The molecule has 4 N–H and O–H groups in total. The highest BCUT2D eigenvalue weighted by molar-refractivity contribution is 7.09. The summed E-state index contributed by atoms with van der Waals surface area (Å²) in [6.45, 7) is 2.57. The number of hydrogen-bond donors (Lipinski definition) is 2. The Morgan fingerprint density at radius 1 is 1.47 bits per heavy atom. The van der Waals surface area contributed by atoms with E-state index in [2.05, 4.69) is 9.97 Å². The predicted molar refractivity (Wildman–Crippen MR) is 76.1 cm³/mol. The maximum atomic E-state index is 11.4. The highest BCUT2D eigenvalue weighted by Crippen LogP contribution is 2.22. The molecule has 0 saturated heterocycles. The molecule has 0 aliphatic heterocycles. The average molecular weight is 277 g/mol. The van der Waals surface area contributed by atoms with Gasteiger partial charge in [0.15, 0.2) is 0 Å². The van der Waals surface area contributed by atoms with Gasteiger partial charge in [0.25, 0.3) is 5.91 Å². The second kappa shape index (κ2) is 5.23. The van der Waals surface area contributed by atoms with Crippen molar-refractivity contribution in [3.63, 3.8) is 0 Å². The van der Waals surface area contributed by atoms with Crippen LogP contribution >= 0.6 is 11.3 Å². The lowest BCUT2D eigenvalue weighted by molar-refractivity contribution is 0.100. The van der Waals surface area contributed by atoms with E-state index in [0.29, 0.717) is 23.6 Å². The van der Waals surface area contributed by atoms with Crippen LogP contribution in [0.25, 0.3) is 0 Å². The van der Waals surface area contributed by atoms with E-state index in [1.54, 1.807) is 22.9 Å². The van der Waals surface area contributed by atoms with Gasteiger partial charge in [-0.15, -0.1) is 11.3 Å². The monoisotopic (exact) mass is 277 g/mol. The molecule has 1 amide bonds. The molecule has 0 atom stereocenters. The second-order valence-corrected chi connectivity index (χ2v) is 5.16. The third kappa shape index (κ3) is 2.82. The Morgan fingerprint density at radius 2 is 2.21 bits per heavy atom. The first-order valence-electron chi connectivity index (χ1n) is 5.64. The quantitative estimate of drug-likeness (QED) is 0.874. The van der Waals surface area contributed by atoms with E-state index in [1.807, 2.05) is 18.9 Å². The number of amides is 1. The van der Waals surface area contributed by atoms with Crippen molar-refractivity contribution >= 4 is 28.7 Å². The molecule has 0 bridgehead atoms. The molecule has 2 aromatic rings. The number of rotatable bonds is 4. The minimum absolute atomic E-state index is 0.324. The number of anilines is 2. The van der Waals surface area contributed by atoms with Crippen LogP contribution in [0, 0.1) is 6.92 Å². The maximum absolute atomic E-state index is 11.4. The summed E-state index contributed by atoms with van der Waals surface area (Å²) < 4.78 is 0. The molecule has 0 unspecified atom stereocenters. The van der Waals surface area contributed by atoms with Crippen molar-refractivity contribution in [3.8, 4) is 0 Å². The molecule has 2 heterocycles. The summed E-state index contributed by atoms with van der Waals surface area (Å²) in [4.78, 5) is 22.8. The van der Waals surface area contributed by atoms with Crippen molar-refractivity contribution in [3.05, 3.63) is 33.9 Å². The van der Waals surface area contributed by atoms with E-state index in [1.165, 1.54) is 6.20 Å². The molecular formula is C12H15N5OS. The number of nitrogens with two attached hydrogens (primary N) is 2. The van der Waals surface area contributed by atoms with Crippen LogP contribution in [-0.2, 0) is 6.54 Å². The molecule has 0 saturated carbocycles. The van der Waals surface area contributed by atoms with Gasteiger partial charge in [-0.05, 0) is 13.0 Å². The SMILES string of the molecule is Cc1ncsc1CN(C)c1ncc(N)cc1C(N)=O. The number of primary amides is 1. The van der Waals surface area contributed by atoms with E-state index in [0.717, 1.165) is 10.6 Å². The third-order valence-corrected chi connectivity index (χ3v) is 3.66. The third-order valence-electron chi connectivity index (χ3n) is 2.74. The van der Waals surface area contributed by atoms with Crippen LogP contribution in [0.1, 0.15) is 20.9 Å². The van der Waals surface area contributed by atoms with Crippen LogP contribution in [0.4, 0.5) is 11.5 Å². The maximum Gasteiger partial charge on any atom is 0.252 e. The molecule has 0 aliphatic rings. The summed E-state index contributed by atoms with van der Waals surface area (Å²) in [7, 11) is 1.85. The van der Waals surface area contributed by atoms with Gasteiger partial charge in [0.1, 0.15) is 5.82 Å².